The molecule has 5 rings (SSSR count). The van der Waals surface area contributed by atoms with Crippen molar-refractivity contribution in [1.29, 1.82) is 0 Å². The number of likely N-dealkylation sites (tertiary alicyclic amines) is 1. The molecule has 39 heavy (non-hydrogen) atoms. The number of amides is 2. The maximum Gasteiger partial charge on any atom is 0.289 e. The molecule has 214 valence electrons. The molecule has 1 aliphatic carbocycles. The van der Waals surface area contributed by atoms with E-state index >= 15 is 0 Å². The lowest BCUT2D eigenvalue weighted by molar-refractivity contribution is -0.130. The fraction of sp³-hybridized carbons (Fsp3) is 0.607. The van der Waals surface area contributed by atoms with Crippen LogP contribution in [-0.2, 0) is 4.79 Å². The monoisotopic (exact) mass is 577 g/mol. The molecule has 0 radical (unpaired) electrons. The van der Waals surface area contributed by atoms with Gasteiger partial charge in [0.1, 0.15) is 5.82 Å². The normalized spacial score (nSPS) is 21.4. The van der Waals surface area contributed by atoms with Gasteiger partial charge in [-0.1, -0.05) is 24.5 Å². The molecule has 2 aromatic rings. The molecule has 9 nitrogen and oxygen atoms in total. The molecule has 1 saturated heterocycles. The van der Waals surface area contributed by atoms with Gasteiger partial charge in [-0.15, -0.1) is 24.8 Å². The van der Waals surface area contributed by atoms with Crippen molar-refractivity contribution in [3.8, 4) is 0 Å². The molecule has 3 N–H and O–H groups in total. The molecule has 0 unspecified atom stereocenters. The fourth-order valence-corrected chi connectivity index (χ4v) is 5.75. The van der Waals surface area contributed by atoms with Gasteiger partial charge in [-0.2, -0.15) is 0 Å². The summed E-state index contributed by atoms with van der Waals surface area (Å²) in [5, 5.41) is 11.4. The number of piperidine rings is 1. The van der Waals surface area contributed by atoms with Crippen LogP contribution in [0.2, 0.25) is 0 Å². The molecule has 1 saturated carbocycles. The number of carbonyl (C=O) groups excluding carboxylic acids is 2. The Morgan fingerprint density at radius 2 is 1.69 bits per heavy atom. The van der Waals surface area contributed by atoms with Crippen LogP contribution in [0.15, 0.2) is 23.2 Å². The molecular weight excluding hydrogens is 537 g/mol. The summed E-state index contributed by atoms with van der Waals surface area (Å²) in [7, 11) is 0. The zero-order valence-electron chi connectivity index (χ0n) is 22.9. The Hall–Kier alpha value is -2.65. The van der Waals surface area contributed by atoms with E-state index in [-0.39, 0.29) is 48.5 Å². The van der Waals surface area contributed by atoms with Gasteiger partial charge in [0.2, 0.25) is 11.7 Å². The lowest BCUT2D eigenvalue weighted by atomic mass is 9.90. The number of rotatable bonds is 6. The third-order valence-corrected chi connectivity index (χ3v) is 7.98. The lowest BCUT2D eigenvalue weighted by Gasteiger charge is -2.34. The molecule has 2 amide bonds. The highest BCUT2D eigenvalue weighted by atomic mass is 35.5. The van der Waals surface area contributed by atoms with Gasteiger partial charge in [0.15, 0.2) is 0 Å². The van der Waals surface area contributed by atoms with Gasteiger partial charge in [-0.05, 0) is 57.1 Å². The van der Waals surface area contributed by atoms with Gasteiger partial charge < -0.3 is 20.9 Å². The van der Waals surface area contributed by atoms with Crippen LogP contribution >= 0.6 is 24.8 Å². The van der Waals surface area contributed by atoms with E-state index in [0.717, 1.165) is 86.3 Å². The Morgan fingerprint density at radius 1 is 0.974 bits per heavy atom. The van der Waals surface area contributed by atoms with E-state index in [1.54, 1.807) is 6.92 Å². The number of nitrogens with one attached hydrogen (secondary N) is 3. The molecule has 1 aromatic heterocycles. The number of halogens is 2. The van der Waals surface area contributed by atoms with Crippen molar-refractivity contribution in [3.63, 3.8) is 0 Å². The zero-order valence-corrected chi connectivity index (χ0v) is 24.5. The number of carbonyl (C=O) groups is 2. The molecule has 11 heteroatoms. The van der Waals surface area contributed by atoms with Crippen molar-refractivity contribution < 1.29 is 9.59 Å². The number of aryl methyl sites for hydroxylation is 1. The quantitative estimate of drug-likeness (QED) is 0.472. The van der Waals surface area contributed by atoms with E-state index < -0.39 is 0 Å². The average Bonchev–Trinajstić information content (AvgIpc) is 3.42. The lowest BCUT2D eigenvalue weighted by Crippen LogP contribution is -2.48. The summed E-state index contributed by atoms with van der Waals surface area (Å²) in [6.07, 6.45) is 8.44. The number of anilines is 1. The summed E-state index contributed by atoms with van der Waals surface area (Å²) in [4.78, 5) is 40.6. The fourth-order valence-electron chi connectivity index (χ4n) is 5.75. The Balaban J connectivity index is 0.00000210. The maximum atomic E-state index is 13.2. The van der Waals surface area contributed by atoms with E-state index in [0.29, 0.717) is 18.5 Å². The van der Waals surface area contributed by atoms with Crippen molar-refractivity contribution in [2.45, 2.75) is 77.3 Å². The number of amidine groups is 1. The van der Waals surface area contributed by atoms with Gasteiger partial charge in [-0.25, -0.2) is 9.97 Å². The van der Waals surface area contributed by atoms with Crippen LogP contribution in [0.1, 0.15) is 74.5 Å². The molecular formula is C28H41Cl2N7O2. The third-order valence-electron chi connectivity index (χ3n) is 7.98. The second kappa shape index (κ2) is 14.1. The van der Waals surface area contributed by atoms with Crippen LogP contribution < -0.4 is 16.0 Å². The van der Waals surface area contributed by atoms with Crippen molar-refractivity contribution in [2.24, 2.45) is 10.9 Å². The molecule has 2 aliphatic heterocycles. The minimum absolute atomic E-state index is 0. The largest absolute Gasteiger partial charge is 0.369 e. The van der Waals surface area contributed by atoms with Crippen LogP contribution in [0.5, 0.6) is 0 Å². The highest BCUT2D eigenvalue weighted by molar-refractivity contribution is 5.96. The van der Waals surface area contributed by atoms with Gasteiger partial charge >= 0.3 is 0 Å². The Labute approximate surface area is 243 Å². The first-order valence-electron chi connectivity index (χ1n) is 13.8. The van der Waals surface area contributed by atoms with E-state index in [1.165, 1.54) is 12.8 Å². The maximum absolute atomic E-state index is 13.2. The molecule has 0 spiro atoms. The second-order valence-corrected chi connectivity index (χ2v) is 10.8. The van der Waals surface area contributed by atoms with E-state index in [4.69, 9.17) is 4.98 Å². The average molecular weight is 579 g/mol. The van der Waals surface area contributed by atoms with E-state index in [2.05, 4.69) is 38.9 Å². The van der Waals surface area contributed by atoms with Crippen LogP contribution in [-0.4, -0.2) is 70.8 Å². The number of aromatic nitrogens is 2. The van der Waals surface area contributed by atoms with Crippen molar-refractivity contribution in [3.05, 3.63) is 29.6 Å². The van der Waals surface area contributed by atoms with Gasteiger partial charge in [0.25, 0.3) is 5.91 Å². The van der Waals surface area contributed by atoms with Crippen molar-refractivity contribution in [1.82, 2.24) is 25.5 Å². The standard InChI is InChI=1S/C28H39N7O2.2ClH/c1-18-9-10-22-21(16-18)26(33-24-7-4-3-6-23(24)31-25-8-5-13-29-25)34-27(32-22)28(37)30-17-20-11-14-35(15-12-20)19(2)36;;/h9-10,16,20,23-24H,3-8,11-15,17H2,1-2H3,(H,29,31)(H,30,37)(H,32,33,34);2*1H/t23-,24+;;/m1../s1. The first-order valence-corrected chi connectivity index (χ1v) is 13.8. The molecule has 0 bridgehead atoms. The summed E-state index contributed by atoms with van der Waals surface area (Å²) in [5.74, 6) is 2.26. The molecule has 3 heterocycles. The van der Waals surface area contributed by atoms with E-state index in [1.807, 2.05) is 17.0 Å². The first-order chi connectivity index (χ1) is 18.0. The van der Waals surface area contributed by atoms with Crippen LogP contribution in [0.4, 0.5) is 5.82 Å². The van der Waals surface area contributed by atoms with Crippen LogP contribution in [0.3, 0.4) is 0 Å². The van der Waals surface area contributed by atoms with Crippen LogP contribution in [0, 0.1) is 12.8 Å². The summed E-state index contributed by atoms with van der Waals surface area (Å²) < 4.78 is 0. The minimum Gasteiger partial charge on any atom is -0.369 e. The second-order valence-electron chi connectivity index (χ2n) is 10.8. The van der Waals surface area contributed by atoms with Gasteiger partial charge in [-0.3, -0.25) is 14.6 Å². The van der Waals surface area contributed by atoms with Crippen LogP contribution in [0.25, 0.3) is 10.9 Å². The van der Waals surface area contributed by atoms with Gasteiger partial charge in [0, 0.05) is 57.0 Å². The summed E-state index contributed by atoms with van der Waals surface area (Å²) in [5.41, 5.74) is 1.90. The van der Waals surface area contributed by atoms with Crippen molar-refractivity contribution in [2.75, 3.05) is 31.5 Å². The Kier molecular flexibility index (Phi) is 11.2. The summed E-state index contributed by atoms with van der Waals surface area (Å²) in [6.45, 7) is 6.65. The number of nitrogens with zero attached hydrogens (tertiary/aromatic N) is 4. The number of aliphatic imine (C=N–C) groups is 1. The number of hydrogen-bond donors (Lipinski definition) is 3. The zero-order chi connectivity index (χ0) is 25.8. The topological polar surface area (TPSA) is 112 Å². The van der Waals surface area contributed by atoms with Gasteiger partial charge in [0.05, 0.1) is 11.4 Å². The predicted octanol–water partition coefficient (Wildman–Crippen LogP) is 4.28. The Bertz CT molecular complexity index is 1180. The number of benzene rings is 1. The molecule has 2 atom stereocenters. The molecule has 2 fully saturated rings. The SMILES string of the molecule is CC(=O)N1CCC(CNC(=O)c2nc(N[C@H]3CCCC[C@H]3NC3=NCCC3)c3cc(C)ccc3n2)CC1.Cl.Cl. The first kappa shape index (κ1) is 30.9. The molecule has 1 aromatic carbocycles. The highest BCUT2D eigenvalue weighted by Crippen LogP contribution is 2.27. The highest BCUT2D eigenvalue weighted by Gasteiger charge is 2.28. The van der Waals surface area contributed by atoms with E-state index in [9.17, 15) is 9.59 Å². The summed E-state index contributed by atoms with van der Waals surface area (Å²) >= 11 is 0. The Morgan fingerprint density at radius 3 is 2.36 bits per heavy atom. The molecule has 3 aliphatic rings. The number of fused-ring (bicyclic) bond motifs is 1. The smallest absolute Gasteiger partial charge is 0.289 e. The minimum atomic E-state index is -0.252. The van der Waals surface area contributed by atoms with Crippen molar-refractivity contribution >= 4 is 59.2 Å². The predicted molar refractivity (Wildman–Crippen MR) is 160 cm³/mol. The summed E-state index contributed by atoms with van der Waals surface area (Å²) in [6, 6.07) is 6.58. The number of hydrogen-bond acceptors (Lipinski definition) is 7. The third kappa shape index (κ3) is 7.72.